The number of dihydropyridines is 1. The van der Waals surface area contributed by atoms with E-state index in [1.807, 2.05) is 12.1 Å². The lowest BCUT2D eigenvalue weighted by Crippen LogP contribution is -2.42. The minimum absolute atomic E-state index is 0.0502. The molecule has 1 aliphatic heterocycles. The van der Waals surface area contributed by atoms with Crippen LogP contribution in [0.1, 0.15) is 80.8 Å². The molecule has 2 aromatic carbocycles. The number of allylic oxidation sites excluding steroid dienone is 4. The van der Waals surface area contributed by atoms with E-state index < -0.39 is 11.9 Å². The molecule has 1 heterocycles. The van der Waals surface area contributed by atoms with E-state index in [9.17, 15) is 19.5 Å². The zero-order valence-electron chi connectivity index (χ0n) is 22.4. The number of carboxylic acids is 1. The first-order valence-electron chi connectivity index (χ1n) is 13.0. The van der Waals surface area contributed by atoms with Gasteiger partial charge in [-0.3, -0.25) is 9.59 Å². The van der Waals surface area contributed by atoms with Crippen LogP contribution in [0.3, 0.4) is 0 Å². The number of Topliss-reactive ketones (excluding diaryl/α,β-unsaturated/α-hetero) is 2. The molecule has 0 amide bonds. The molecule has 0 bridgehead atoms. The van der Waals surface area contributed by atoms with Crippen molar-refractivity contribution >= 4 is 49.4 Å². The second-order valence-electron chi connectivity index (χ2n) is 12.3. The fourth-order valence-corrected chi connectivity index (χ4v) is 7.42. The second kappa shape index (κ2) is 10.0. The fourth-order valence-electron chi connectivity index (χ4n) is 6.05. The summed E-state index contributed by atoms with van der Waals surface area (Å²) in [7, 11) is 0. The van der Waals surface area contributed by atoms with Crippen LogP contribution in [0.5, 0.6) is 5.75 Å². The van der Waals surface area contributed by atoms with Crippen molar-refractivity contribution in [3.05, 3.63) is 84.6 Å². The van der Waals surface area contributed by atoms with Crippen molar-refractivity contribution in [3.8, 4) is 5.75 Å². The van der Waals surface area contributed by atoms with Crippen molar-refractivity contribution in [2.45, 2.75) is 65.9 Å². The number of nitrogens with one attached hydrogen (secondary N) is 1. The average Bonchev–Trinajstić information content (AvgIpc) is 2.80. The van der Waals surface area contributed by atoms with E-state index in [1.54, 1.807) is 24.3 Å². The molecule has 3 aliphatic rings. The number of hydrogen-bond donors (Lipinski definition) is 2. The van der Waals surface area contributed by atoms with Crippen LogP contribution in [0.4, 0.5) is 0 Å². The van der Waals surface area contributed by atoms with Gasteiger partial charge < -0.3 is 15.2 Å². The predicted molar refractivity (Wildman–Crippen MR) is 156 cm³/mol. The molecule has 5 rings (SSSR count). The molecule has 0 fully saturated rings. The van der Waals surface area contributed by atoms with E-state index in [2.05, 4.69) is 64.9 Å². The fraction of sp³-hybridized carbons (Fsp3) is 0.387. The second-order valence-corrected chi connectivity index (χ2v) is 14.1. The zero-order valence-corrected chi connectivity index (χ0v) is 25.6. The summed E-state index contributed by atoms with van der Waals surface area (Å²) in [5.41, 5.74) is 4.50. The molecule has 0 saturated carbocycles. The SMILES string of the molecule is CC1(C)CC(=O)C2=C(C1)NC1=C(C(=O)CC(C)(C)C1)C2c1cc(Br)cc(Br)c1OCc1ccc(C(=O)O)cc1. The van der Waals surface area contributed by atoms with Crippen molar-refractivity contribution in [2.75, 3.05) is 0 Å². The third-order valence-corrected chi connectivity index (χ3v) is 8.70. The zero-order chi connectivity index (χ0) is 28.3. The number of carboxylic acid groups (broad SMARTS) is 1. The van der Waals surface area contributed by atoms with Crippen LogP contribution in [0.25, 0.3) is 0 Å². The van der Waals surface area contributed by atoms with E-state index in [-0.39, 0.29) is 34.6 Å². The van der Waals surface area contributed by atoms with Crippen molar-refractivity contribution in [2.24, 2.45) is 10.8 Å². The first-order valence-corrected chi connectivity index (χ1v) is 14.6. The van der Waals surface area contributed by atoms with Crippen LogP contribution in [-0.2, 0) is 16.2 Å². The van der Waals surface area contributed by atoms with Crippen LogP contribution in [0, 0.1) is 10.8 Å². The number of halogens is 2. The summed E-state index contributed by atoms with van der Waals surface area (Å²) >= 11 is 7.28. The van der Waals surface area contributed by atoms with Gasteiger partial charge in [-0.1, -0.05) is 55.8 Å². The van der Waals surface area contributed by atoms with E-state index in [4.69, 9.17) is 4.74 Å². The Balaban J connectivity index is 1.63. The lowest BCUT2D eigenvalue weighted by atomic mass is 9.64. The van der Waals surface area contributed by atoms with Gasteiger partial charge in [0.1, 0.15) is 12.4 Å². The van der Waals surface area contributed by atoms with Crippen LogP contribution < -0.4 is 10.1 Å². The smallest absolute Gasteiger partial charge is 0.335 e. The Morgan fingerprint density at radius 1 is 0.923 bits per heavy atom. The summed E-state index contributed by atoms with van der Waals surface area (Å²) < 4.78 is 7.87. The highest BCUT2D eigenvalue weighted by atomic mass is 79.9. The molecular weight excluding hydrogens is 626 g/mol. The molecular formula is C31H31Br2NO5. The number of aromatic carboxylic acids is 1. The molecule has 0 saturated heterocycles. The summed E-state index contributed by atoms with van der Waals surface area (Å²) in [5.74, 6) is -0.869. The number of rotatable bonds is 5. The van der Waals surface area contributed by atoms with Crippen molar-refractivity contribution in [3.63, 3.8) is 0 Å². The molecule has 8 heteroatoms. The maximum absolute atomic E-state index is 13.7. The Labute approximate surface area is 245 Å². The summed E-state index contributed by atoms with van der Waals surface area (Å²) in [6, 6.07) is 10.4. The maximum Gasteiger partial charge on any atom is 0.335 e. The molecule has 0 unspecified atom stereocenters. The number of carbonyl (C=O) groups is 3. The summed E-state index contributed by atoms with van der Waals surface area (Å²) in [4.78, 5) is 38.7. The largest absolute Gasteiger partial charge is 0.487 e. The minimum Gasteiger partial charge on any atom is -0.487 e. The van der Waals surface area contributed by atoms with Crippen molar-refractivity contribution in [1.29, 1.82) is 0 Å². The Kier molecular flexibility index (Phi) is 7.17. The normalized spacial score (nSPS) is 20.4. The van der Waals surface area contributed by atoms with Gasteiger partial charge in [-0.15, -0.1) is 0 Å². The summed E-state index contributed by atoms with van der Waals surface area (Å²) in [6.45, 7) is 8.60. The molecule has 0 atom stereocenters. The first-order chi connectivity index (χ1) is 18.2. The Hall–Kier alpha value is -2.71. The number of benzene rings is 2. The van der Waals surface area contributed by atoms with Gasteiger partial charge in [0.25, 0.3) is 0 Å². The van der Waals surface area contributed by atoms with Gasteiger partial charge in [-0.05, 0) is 69.4 Å². The molecule has 2 aromatic rings. The van der Waals surface area contributed by atoms with Crippen LogP contribution >= 0.6 is 31.9 Å². The number of ether oxygens (including phenoxy) is 1. The first kappa shape index (κ1) is 27.8. The number of hydrogen-bond acceptors (Lipinski definition) is 5. The number of ketones is 2. The van der Waals surface area contributed by atoms with E-state index in [0.717, 1.165) is 39.8 Å². The molecule has 0 aromatic heterocycles. The van der Waals surface area contributed by atoms with Crippen LogP contribution in [0.15, 0.2) is 67.9 Å². The van der Waals surface area contributed by atoms with Gasteiger partial charge in [0, 0.05) is 51.3 Å². The summed E-state index contributed by atoms with van der Waals surface area (Å²) in [5, 5.41) is 12.8. The van der Waals surface area contributed by atoms with Gasteiger partial charge >= 0.3 is 5.97 Å². The lowest BCUT2D eigenvalue weighted by Gasteiger charge is -2.44. The Morgan fingerprint density at radius 3 is 1.97 bits per heavy atom. The highest BCUT2D eigenvalue weighted by molar-refractivity contribution is 9.11. The van der Waals surface area contributed by atoms with E-state index in [1.165, 1.54) is 0 Å². The highest BCUT2D eigenvalue weighted by Gasteiger charge is 2.47. The minimum atomic E-state index is -0.986. The highest BCUT2D eigenvalue weighted by Crippen LogP contribution is 2.53. The van der Waals surface area contributed by atoms with Gasteiger partial charge in [0.2, 0.25) is 0 Å². The van der Waals surface area contributed by atoms with Gasteiger partial charge in [-0.2, -0.15) is 0 Å². The molecule has 2 N–H and O–H groups in total. The van der Waals surface area contributed by atoms with E-state index in [0.29, 0.717) is 34.2 Å². The average molecular weight is 657 g/mol. The molecule has 6 nitrogen and oxygen atoms in total. The van der Waals surface area contributed by atoms with Crippen molar-refractivity contribution in [1.82, 2.24) is 5.32 Å². The molecule has 204 valence electrons. The molecule has 2 aliphatic carbocycles. The van der Waals surface area contributed by atoms with Crippen LogP contribution in [-0.4, -0.2) is 22.6 Å². The monoisotopic (exact) mass is 655 g/mol. The molecule has 39 heavy (non-hydrogen) atoms. The molecule has 0 spiro atoms. The van der Waals surface area contributed by atoms with Gasteiger partial charge in [0.15, 0.2) is 11.6 Å². The molecule has 0 radical (unpaired) electrons. The Bertz CT molecular complexity index is 1410. The quantitative estimate of drug-likeness (QED) is 0.347. The maximum atomic E-state index is 13.7. The third-order valence-electron chi connectivity index (χ3n) is 7.65. The lowest BCUT2D eigenvalue weighted by molar-refractivity contribution is -0.119. The number of carbonyl (C=O) groups excluding carboxylic acids is 2. The topological polar surface area (TPSA) is 92.7 Å². The Morgan fingerprint density at radius 2 is 1.46 bits per heavy atom. The van der Waals surface area contributed by atoms with Crippen molar-refractivity contribution < 1.29 is 24.2 Å². The predicted octanol–water partition coefficient (Wildman–Crippen LogP) is 7.46. The van der Waals surface area contributed by atoms with Gasteiger partial charge in [-0.25, -0.2) is 4.79 Å². The third kappa shape index (κ3) is 5.50. The van der Waals surface area contributed by atoms with Gasteiger partial charge in [0.05, 0.1) is 10.0 Å². The van der Waals surface area contributed by atoms with Crippen LogP contribution in [0.2, 0.25) is 0 Å². The van der Waals surface area contributed by atoms with E-state index >= 15 is 0 Å². The standard InChI is InChI=1S/C31H31Br2NO5/c1-30(2)11-21-26(23(35)13-30)25(27-22(34-21)12-31(3,4)14-24(27)36)19-9-18(32)10-20(33)28(19)39-15-16-5-7-17(8-6-16)29(37)38/h5-10,25,34H,11-15H2,1-4H3,(H,37,38). The summed E-state index contributed by atoms with van der Waals surface area (Å²) in [6.07, 6.45) is 2.26.